The first-order chi connectivity index (χ1) is 15.0. The number of ether oxygens (including phenoxy) is 2. The van der Waals surface area contributed by atoms with Crippen LogP contribution >= 0.6 is 0 Å². The van der Waals surface area contributed by atoms with E-state index in [1.165, 1.54) is 0 Å². The van der Waals surface area contributed by atoms with Crippen LogP contribution in [0.2, 0.25) is 0 Å². The average Bonchev–Trinajstić information content (AvgIpc) is 2.83. The normalized spacial score (nSPS) is 19.2. The number of hydrogen-bond donors (Lipinski definition) is 1. The van der Waals surface area contributed by atoms with Crippen molar-refractivity contribution in [3.8, 4) is 5.75 Å². The molecule has 1 N–H and O–H groups in total. The van der Waals surface area contributed by atoms with Crippen LogP contribution in [0.5, 0.6) is 5.75 Å². The van der Waals surface area contributed by atoms with Crippen LogP contribution in [0.3, 0.4) is 0 Å². The van der Waals surface area contributed by atoms with Crippen molar-refractivity contribution in [1.29, 1.82) is 0 Å². The van der Waals surface area contributed by atoms with E-state index in [9.17, 15) is 9.90 Å². The molecule has 2 unspecified atom stereocenters. The van der Waals surface area contributed by atoms with Crippen molar-refractivity contribution >= 4 is 6.09 Å². The third-order valence-corrected chi connectivity index (χ3v) is 6.74. The van der Waals surface area contributed by atoms with Gasteiger partial charge in [0.15, 0.2) is 0 Å². The third kappa shape index (κ3) is 5.59. The summed E-state index contributed by atoms with van der Waals surface area (Å²) in [6.45, 7) is 4.96. The fourth-order valence-electron chi connectivity index (χ4n) is 4.74. The summed E-state index contributed by atoms with van der Waals surface area (Å²) in [5, 5.41) is 11.4. The Hall–Kier alpha value is -2.53. The Kier molecular flexibility index (Phi) is 7.97. The Bertz CT molecular complexity index is 817. The molecule has 0 aromatic heterocycles. The number of carbonyl (C=O) groups is 1. The second kappa shape index (κ2) is 10.7. The molecule has 0 bridgehead atoms. The molecule has 0 saturated carbocycles. The summed E-state index contributed by atoms with van der Waals surface area (Å²) >= 11 is 0. The fraction of sp³-hybridized carbons (Fsp3) is 0.500. The van der Waals surface area contributed by atoms with E-state index < -0.39 is 5.60 Å². The molecule has 1 fully saturated rings. The quantitative estimate of drug-likeness (QED) is 0.631. The largest absolute Gasteiger partial charge is 0.497 e. The lowest BCUT2D eigenvalue weighted by Crippen LogP contribution is -2.56. The Morgan fingerprint density at radius 3 is 2.35 bits per heavy atom. The highest BCUT2D eigenvalue weighted by Crippen LogP contribution is 2.38. The minimum Gasteiger partial charge on any atom is -0.497 e. The van der Waals surface area contributed by atoms with Crippen LogP contribution in [0, 0.1) is 5.92 Å². The molecule has 5 heteroatoms. The number of hydrogen-bond acceptors (Lipinski definition) is 4. The summed E-state index contributed by atoms with van der Waals surface area (Å²) < 4.78 is 11.0. The minimum absolute atomic E-state index is 0.00243. The maximum Gasteiger partial charge on any atom is 0.410 e. The van der Waals surface area contributed by atoms with Crippen molar-refractivity contribution in [1.82, 2.24) is 4.90 Å². The van der Waals surface area contributed by atoms with Crippen LogP contribution in [0.4, 0.5) is 4.79 Å². The van der Waals surface area contributed by atoms with Gasteiger partial charge in [-0.05, 0) is 55.4 Å². The van der Waals surface area contributed by atoms with Crippen LogP contribution in [-0.2, 0) is 17.8 Å². The van der Waals surface area contributed by atoms with E-state index in [0.29, 0.717) is 25.8 Å². The second-order valence-electron chi connectivity index (χ2n) is 8.41. The first-order valence-corrected chi connectivity index (χ1v) is 11.3. The summed E-state index contributed by atoms with van der Waals surface area (Å²) in [5.41, 5.74) is 1.29. The molecule has 168 valence electrons. The molecule has 1 heterocycles. The van der Waals surface area contributed by atoms with Crippen molar-refractivity contribution in [2.45, 2.75) is 64.2 Å². The predicted molar refractivity (Wildman–Crippen MR) is 122 cm³/mol. The summed E-state index contributed by atoms with van der Waals surface area (Å²) in [6, 6.07) is 17.6. The van der Waals surface area contributed by atoms with E-state index in [1.54, 1.807) is 7.11 Å². The van der Waals surface area contributed by atoms with Gasteiger partial charge in [0.25, 0.3) is 0 Å². The van der Waals surface area contributed by atoms with Gasteiger partial charge in [-0.25, -0.2) is 4.79 Å². The molecule has 31 heavy (non-hydrogen) atoms. The van der Waals surface area contributed by atoms with Crippen molar-refractivity contribution < 1.29 is 19.4 Å². The van der Waals surface area contributed by atoms with E-state index in [4.69, 9.17) is 9.47 Å². The van der Waals surface area contributed by atoms with Gasteiger partial charge in [-0.2, -0.15) is 0 Å². The molecule has 1 aliphatic heterocycles. The lowest BCUT2D eigenvalue weighted by Gasteiger charge is -2.47. The van der Waals surface area contributed by atoms with Gasteiger partial charge in [0.2, 0.25) is 0 Å². The topological polar surface area (TPSA) is 59.0 Å². The summed E-state index contributed by atoms with van der Waals surface area (Å²) in [7, 11) is 1.65. The fourth-order valence-corrected chi connectivity index (χ4v) is 4.74. The molecule has 5 nitrogen and oxygen atoms in total. The summed E-state index contributed by atoms with van der Waals surface area (Å²) in [6.07, 6.45) is 3.48. The average molecular weight is 426 g/mol. The van der Waals surface area contributed by atoms with Gasteiger partial charge in [0, 0.05) is 18.5 Å². The Morgan fingerprint density at radius 1 is 1.06 bits per heavy atom. The van der Waals surface area contributed by atoms with Gasteiger partial charge in [0.1, 0.15) is 12.4 Å². The lowest BCUT2D eigenvalue weighted by molar-refractivity contribution is -0.0773. The number of piperidine rings is 1. The molecule has 0 aliphatic carbocycles. The molecule has 2 atom stereocenters. The molecule has 1 amide bonds. The number of methoxy groups -OCH3 is 1. The molecular weight excluding hydrogens is 390 g/mol. The van der Waals surface area contributed by atoms with E-state index in [-0.39, 0.29) is 24.7 Å². The molecule has 0 radical (unpaired) electrons. The van der Waals surface area contributed by atoms with Crippen molar-refractivity contribution in [2.75, 3.05) is 13.7 Å². The second-order valence-corrected chi connectivity index (χ2v) is 8.41. The van der Waals surface area contributed by atoms with Crippen LogP contribution in [0.15, 0.2) is 54.6 Å². The van der Waals surface area contributed by atoms with Gasteiger partial charge < -0.3 is 19.5 Å². The minimum atomic E-state index is -0.796. The van der Waals surface area contributed by atoms with Gasteiger partial charge in [0.05, 0.1) is 12.7 Å². The highest BCUT2D eigenvalue weighted by atomic mass is 16.6. The molecular formula is C26H35NO4. The number of rotatable bonds is 8. The number of nitrogens with zero attached hydrogens (tertiary/aromatic N) is 1. The summed E-state index contributed by atoms with van der Waals surface area (Å²) in [5.74, 6) is 0.810. The maximum atomic E-state index is 13.1. The monoisotopic (exact) mass is 425 g/mol. The number of likely N-dealkylation sites (tertiary alicyclic amines) is 1. The SMILES string of the molecule is CCC(O)(CC)C1CCCN(C(=O)OCc2ccccc2)C1Cc1ccc(OC)cc1. The number of carbonyl (C=O) groups excluding carboxylic acids is 1. The van der Waals surface area contributed by atoms with Crippen molar-refractivity contribution in [3.63, 3.8) is 0 Å². The number of benzene rings is 2. The zero-order valence-electron chi connectivity index (χ0n) is 18.9. The van der Waals surface area contributed by atoms with E-state index in [0.717, 1.165) is 29.7 Å². The molecule has 0 spiro atoms. The molecule has 1 aliphatic rings. The Morgan fingerprint density at radius 2 is 1.74 bits per heavy atom. The Labute approximate surface area is 186 Å². The zero-order chi connectivity index (χ0) is 22.3. The summed E-state index contributed by atoms with van der Waals surface area (Å²) in [4.78, 5) is 15.0. The maximum absolute atomic E-state index is 13.1. The lowest BCUT2D eigenvalue weighted by atomic mass is 9.72. The molecule has 1 saturated heterocycles. The van der Waals surface area contributed by atoms with Crippen LogP contribution in [0.25, 0.3) is 0 Å². The van der Waals surface area contributed by atoms with E-state index in [2.05, 4.69) is 0 Å². The van der Waals surface area contributed by atoms with Crippen molar-refractivity contribution in [2.24, 2.45) is 5.92 Å². The highest BCUT2D eigenvalue weighted by Gasteiger charge is 2.44. The van der Waals surface area contributed by atoms with Crippen LogP contribution < -0.4 is 4.74 Å². The third-order valence-electron chi connectivity index (χ3n) is 6.74. The van der Waals surface area contributed by atoms with Crippen LogP contribution in [-0.4, -0.2) is 41.4 Å². The smallest absolute Gasteiger partial charge is 0.410 e. The standard InChI is InChI=1S/C26H35NO4/c1-4-26(29,5-2)23-12-9-17-27(25(28)31-19-21-10-7-6-8-11-21)24(23)18-20-13-15-22(30-3)16-14-20/h6-8,10-11,13-16,23-24,29H,4-5,9,12,17-19H2,1-3H3. The van der Waals surface area contributed by atoms with Gasteiger partial charge >= 0.3 is 6.09 Å². The molecule has 3 rings (SSSR count). The highest BCUT2D eigenvalue weighted by molar-refractivity contribution is 5.68. The van der Waals surface area contributed by atoms with Gasteiger partial charge in [-0.15, -0.1) is 0 Å². The Balaban J connectivity index is 1.82. The van der Waals surface area contributed by atoms with Crippen molar-refractivity contribution in [3.05, 3.63) is 65.7 Å². The number of aliphatic hydroxyl groups is 1. The van der Waals surface area contributed by atoms with Gasteiger partial charge in [-0.3, -0.25) is 0 Å². The number of amides is 1. The zero-order valence-corrected chi connectivity index (χ0v) is 18.9. The first-order valence-electron chi connectivity index (χ1n) is 11.3. The van der Waals surface area contributed by atoms with Gasteiger partial charge in [-0.1, -0.05) is 56.3 Å². The molecule has 2 aromatic rings. The first kappa shape index (κ1) is 23.1. The predicted octanol–water partition coefficient (Wildman–Crippen LogP) is 5.21. The molecule has 2 aromatic carbocycles. The van der Waals surface area contributed by atoms with E-state index >= 15 is 0 Å². The van der Waals surface area contributed by atoms with E-state index in [1.807, 2.05) is 73.3 Å². The van der Waals surface area contributed by atoms with Crippen LogP contribution in [0.1, 0.15) is 50.7 Å².